The second-order valence-corrected chi connectivity index (χ2v) is 3.01. The highest BCUT2D eigenvalue weighted by Crippen LogP contribution is 2.21. The maximum absolute atomic E-state index is 10.6. The van der Waals surface area contributed by atoms with Gasteiger partial charge < -0.3 is 10.3 Å². The summed E-state index contributed by atoms with van der Waals surface area (Å²) in [5.41, 5.74) is 6.51. The van der Waals surface area contributed by atoms with Crippen LogP contribution in [0.25, 0.3) is 5.69 Å². The molecule has 0 amide bonds. The summed E-state index contributed by atoms with van der Waals surface area (Å²) in [6, 6.07) is 4.41. The fourth-order valence-corrected chi connectivity index (χ4v) is 1.28. The molecule has 0 aliphatic heterocycles. The Hall–Kier alpha value is -2.37. The van der Waals surface area contributed by atoms with Gasteiger partial charge in [-0.3, -0.25) is 10.1 Å². The average Bonchev–Trinajstić information content (AvgIpc) is 2.69. The average molecular weight is 204 g/mol. The van der Waals surface area contributed by atoms with Gasteiger partial charge in [-0.15, -0.1) is 0 Å². The summed E-state index contributed by atoms with van der Waals surface area (Å²) in [6.07, 6.45) is 4.84. The normalized spacial score (nSPS) is 10.1. The number of nitro benzene ring substituents is 1. The lowest BCUT2D eigenvalue weighted by atomic mass is 10.2. The summed E-state index contributed by atoms with van der Waals surface area (Å²) >= 11 is 0. The highest BCUT2D eigenvalue weighted by molar-refractivity contribution is 5.56. The van der Waals surface area contributed by atoms with E-state index in [9.17, 15) is 10.1 Å². The molecular weight excluding hydrogens is 196 g/mol. The molecule has 0 saturated heterocycles. The van der Waals surface area contributed by atoms with E-state index in [1.807, 2.05) is 0 Å². The fourth-order valence-electron chi connectivity index (χ4n) is 1.28. The van der Waals surface area contributed by atoms with E-state index in [1.165, 1.54) is 12.1 Å². The lowest BCUT2D eigenvalue weighted by Crippen LogP contribution is -1.96. The molecule has 0 aliphatic carbocycles. The van der Waals surface area contributed by atoms with Crippen LogP contribution in [0.1, 0.15) is 0 Å². The Labute approximate surface area is 85.1 Å². The first-order chi connectivity index (χ1) is 7.16. The van der Waals surface area contributed by atoms with Gasteiger partial charge >= 0.3 is 0 Å². The van der Waals surface area contributed by atoms with Crippen molar-refractivity contribution < 1.29 is 4.92 Å². The van der Waals surface area contributed by atoms with Crippen molar-refractivity contribution in [1.29, 1.82) is 0 Å². The summed E-state index contributed by atoms with van der Waals surface area (Å²) in [5.74, 6) is 0. The van der Waals surface area contributed by atoms with Crippen LogP contribution in [0, 0.1) is 10.1 Å². The smallest absolute Gasteiger partial charge is 0.273 e. The third kappa shape index (κ3) is 1.78. The van der Waals surface area contributed by atoms with E-state index in [2.05, 4.69) is 4.98 Å². The van der Waals surface area contributed by atoms with Crippen LogP contribution in [0.3, 0.4) is 0 Å². The monoisotopic (exact) mass is 204 g/mol. The maximum atomic E-state index is 10.6. The standard InChI is InChI=1S/C9H8N4O2/c10-7-3-8(12-2-1-11-6-12)5-9(4-7)13(14)15/h1-6H,10H2. The molecule has 2 rings (SSSR count). The van der Waals surface area contributed by atoms with Gasteiger partial charge in [0.15, 0.2) is 0 Å². The molecule has 0 bridgehead atoms. The number of imidazole rings is 1. The largest absolute Gasteiger partial charge is 0.398 e. The highest BCUT2D eigenvalue weighted by Gasteiger charge is 2.08. The Morgan fingerprint density at radius 1 is 1.40 bits per heavy atom. The minimum absolute atomic E-state index is 0.0290. The number of anilines is 1. The third-order valence-corrected chi connectivity index (χ3v) is 1.94. The first-order valence-corrected chi connectivity index (χ1v) is 4.20. The minimum Gasteiger partial charge on any atom is -0.398 e. The van der Waals surface area contributed by atoms with E-state index in [0.29, 0.717) is 11.4 Å². The number of nitrogen functional groups attached to an aromatic ring is 1. The summed E-state index contributed by atoms with van der Waals surface area (Å²) in [5, 5.41) is 10.6. The van der Waals surface area contributed by atoms with Crippen molar-refractivity contribution in [2.24, 2.45) is 0 Å². The van der Waals surface area contributed by atoms with Gasteiger partial charge in [0.05, 0.1) is 16.9 Å². The molecule has 0 fully saturated rings. The van der Waals surface area contributed by atoms with Crippen molar-refractivity contribution in [2.45, 2.75) is 0 Å². The van der Waals surface area contributed by atoms with Gasteiger partial charge in [-0.25, -0.2) is 4.98 Å². The van der Waals surface area contributed by atoms with E-state index < -0.39 is 4.92 Å². The molecular formula is C9H8N4O2. The summed E-state index contributed by atoms with van der Waals surface area (Å²) in [7, 11) is 0. The van der Waals surface area contributed by atoms with Crippen LogP contribution in [0.15, 0.2) is 36.9 Å². The van der Waals surface area contributed by atoms with Crippen molar-refractivity contribution in [3.05, 3.63) is 47.0 Å². The minimum atomic E-state index is -0.475. The first-order valence-electron chi connectivity index (χ1n) is 4.20. The lowest BCUT2D eigenvalue weighted by Gasteiger charge is -2.03. The SMILES string of the molecule is Nc1cc(-n2ccnc2)cc([N+](=O)[O-])c1. The second-order valence-electron chi connectivity index (χ2n) is 3.01. The predicted molar refractivity (Wildman–Crippen MR) is 54.6 cm³/mol. The summed E-state index contributed by atoms with van der Waals surface area (Å²) in [4.78, 5) is 14.0. The van der Waals surface area contributed by atoms with Gasteiger partial charge in [-0.2, -0.15) is 0 Å². The van der Waals surface area contributed by atoms with Crippen LogP contribution in [-0.4, -0.2) is 14.5 Å². The number of aromatic nitrogens is 2. The van der Waals surface area contributed by atoms with Crippen molar-refractivity contribution in [3.63, 3.8) is 0 Å². The van der Waals surface area contributed by atoms with E-state index in [1.54, 1.807) is 29.4 Å². The molecule has 0 saturated carbocycles. The Morgan fingerprint density at radius 2 is 2.20 bits per heavy atom. The molecule has 76 valence electrons. The van der Waals surface area contributed by atoms with Gasteiger partial charge in [-0.1, -0.05) is 0 Å². The van der Waals surface area contributed by atoms with Gasteiger partial charge in [0.2, 0.25) is 0 Å². The Balaban J connectivity index is 2.54. The number of rotatable bonds is 2. The third-order valence-electron chi connectivity index (χ3n) is 1.94. The van der Waals surface area contributed by atoms with Gasteiger partial charge in [0.25, 0.3) is 5.69 Å². The molecule has 1 aromatic heterocycles. The van der Waals surface area contributed by atoms with Crippen LogP contribution in [0.2, 0.25) is 0 Å². The lowest BCUT2D eigenvalue weighted by molar-refractivity contribution is -0.384. The number of benzene rings is 1. The van der Waals surface area contributed by atoms with Crippen LogP contribution in [0.4, 0.5) is 11.4 Å². The molecule has 0 spiro atoms. The highest BCUT2D eigenvalue weighted by atomic mass is 16.6. The van der Waals surface area contributed by atoms with E-state index in [-0.39, 0.29) is 5.69 Å². The first kappa shape index (κ1) is 9.20. The van der Waals surface area contributed by atoms with E-state index in [0.717, 1.165) is 0 Å². The zero-order valence-corrected chi connectivity index (χ0v) is 7.70. The number of non-ortho nitro benzene ring substituents is 1. The summed E-state index contributed by atoms with van der Waals surface area (Å²) in [6.45, 7) is 0. The fraction of sp³-hybridized carbons (Fsp3) is 0. The van der Waals surface area contributed by atoms with Crippen LogP contribution < -0.4 is 5.73 Å². The Kier molecular flexibility index (Phi) is 2.09. The van der Waals surface area contributed by atoms with Crippen LogP contribution >= 0.6 is 0 Å². The van der Waals surface area contributed by atoms with Crippen molar-refractivity contribution in [1.82, 2.24) is 9.55 Å². The molecule has 0 unspecified atom stereocenters. The van der Waals surface area contributed by atoms with Crippen LogP contribution in [-0.2, 0) is 0 Å². The summed E-state index contributed by atoms with van der Waals surface area (Å²) < 4.78 is 1.66. The molecule has 0 atom stereocenters. The molecule has 6 nitrogen and oxygen atoms in total. The quantitative estimate of drug-likeness (QED) is 0.454. The van der Waals surface area contributed by atoms with Gasteiger partial charge in [0.1, 0.15) is 0 Å². The predicted octanol–water partition coefficient (Wildman–Crippen LogP) is 1.36. The Morgan fingerprint density at radius 3 is 2.80 bits per heavy atom. The molecule has 2 aromatic rings. The van der Waals surface area contributed by atoms with Gasteiger partial charge in [-0.05, 0) is 6.07 Å². The van der Waals surface area contributed by atoms with Crippen molar-refractivity contribution in [2.75, 3.05) is 5.73 Å². The van der Waals surface area contributed by atoms with Crippen molar-refractivity contribution in [3.8, 4) is 5.69 Å². The molecule has 6 heteroatoms. The van der Waals surface area contributed by atoms with Crippen molar-refractivity contribution >= 4 is 11.4 Å². The van der Waals surface area contributed by atoms with Crippen LogP contribution in [0.5, 0.6) is 0 Å². The molecule has 2 N–H and O–H groups in total. The Bertz CT molecular complexity index is 493. The second kappa shape index (κ2) is 3.41. The van der Waals surface area contributed by atoms with E-state index >= 15 is 0 Å². The number of nitro groups is 1. The zero-order valence-electron chi connectivity index (χ0n) is 7.70. The number of nitrogens with zero attached hydrogens (tertiary/aromatic N) is 3. The molecule has 1 aromatic carbocycles. The molecule has 0 radical (unpaired) electrons. The topological polar surface area (TPSA) is 87.0 Å². The number of hydrogen-bond acceptors (Lipinski definition) is 4. The van der Waals surface area contributed by atoms with E-state index in [4.69, 9.17) is 5.73 Å². The molecule has 15 heavy (non-hydrogen) atoms. The number of hydrogen-bond donors (Lipinski definition) is 1. The zero-order chi connectivity index (χ0) is 10.8. The molecule has 1 heterocycles. The maximum Gasteiger partial charge on any atom is 0.273 e. The number of nitrogens with two attached hydrogens (primary N) is 1. The molecule has 0 aliphatic rings. The van der Waals surface area contributed by atoms with Gasteiger partial charge in [0, 0.05) is 30.2 Å².